The third-order valence-corrected chi connectivity index (χ3v) is 2.40. The molecule has 0 aromatic rings. The van der Waals surface area contributed by atoms with Crippen LogP contribution < -0.4 is 0 Å². The maximum atomic E-state index is 11.5. The normalized spacial score (nSPS) is 35.3. The summed E-state index contributed by atoms with van der Waals surface area (Å²) in [6, 6.07) is 0. The number of Topliss-reactive ketones (excluding diaryl/α,β-unsaturated/α-hetero) is 1. The van der Waals surface area contributed by atoms with E-state index in [2.05, 4.69) is 0 Å². The van der Waals surface area contributed by atoms with E-state index in [0.29, 0.717) is 0 Å². The predicted octanol–water partition coefficient (Wildman–Crippen LogP) is -2.51. The Morgan fingerprint density at radius 2 is 2.12 bits per heavy atom. The highest BCUT2D eigenvalue weighted by atomic mass is 16.7. The summed E-state index contributed by atoms with van der Waals surface area (Å²) >= 11 is 0. The first-order valence-electron chi connectivity index (χ1n) is 4.87. The van der Waals surface area contributed by atoms with Crippen LogP contribution in [-0.4, -0.2) is 69.5 Å². The molecular formula is C9H14O8. The number of ether oxygens (including phenoxy) is 2. The van der Waals surface area contributed by atoms with Crippen LogP contribution in [-0.2, 0) is 19.1 Å². The molecule has 1 aliphatic heterocycles. The molecule has 1 unspecified atom stereocenters. The molecule has 8 nitrogen and oxygen atoms in total. The van der Waals surface area contributed by atoms with Gasteiger partial charge in [-0.15, -0.1) is 0 Å². The second-order valence-corrected chi connectivity index (χ2v) is 3.77. The molecule has 4 N–H and O–H groups in total. The third kappa shape index (κ3) is 2.79. The average molecular weight is 250 g/mol. The van der Waals surface area contributed by atoms with Crippen LogP contribution in [0.25, 0.3) is 0 Å². The van der Waals surface area contributed by atoms with E-state index in [9.17, 15) is 14.7 Å². The highest BCUT2D eigenvalue weighted by Gasteiger charge is 2.48. The van der Waals surface area contributed by atoms with E-state index >= 15 is 0 Å². The standard InChI is InChI=1S/C9H14O8/c1-9(8(14)15)16-3-5(12)7(17-9)6(13)4(11)2-10/h4-5,7,10-12H,2-3H2,1H3,(H,14,15)/t4-,5+,7-,9?/m0/s1. The number of carbonyl (C=O) groups is 2. The molecule has 0 spiro atoms. The van der Waals surface area contributed by atoms with Gasteiger partial charge in [0.25, 0.3) is 5.79 Å². The maximum Gasteiger partial charge on any atom is 0.364 e. The topological polar surface area (TPSA) is 134 Å². The molecule has 0 saturated carbocycles. The summed E-state index contributed by atoms with van der Waals surface area (Å²) in [5.41, 5.74) is 0. The Hall–Kier alpha value is -1.06. The molecule has 98 valence electrons. The minimum Gasteiger partial charge on any atom is -0.477 e. The van der Waals surface area contributed by atoms with Gasteiger partial charge in [0.05, 0.1) is 13.2 Å². The highest BCUT2D eigenvalue weighted by molar-refractivity contribution is 5.88. The summed E-state index contributed by atoms with van der Waals surface area (Å²) in [7, 11) is 0. The van der Waals surface area contributed by atoms with E-state index in [1.54, 1.807) is 0 Å². The monoisotopic (exact) mass is 250 g/mol. The molecule has 8 heteroatoms. The van der Waals surface area contributed by atoms with Crippen molar-refractivity contribution in [2.45, 2.75) is 31.0 Å². The van der Waals surface area contributed by atoms with Gasteiger partial charge in [0.2, 0.25) is 0 Å². The number of aliphatic hydroxyl groups is 3. The van der Waals surface area contributed by atoms with Crippen molar-refractivity contribution in [3.05, 3.63) is 0 Å². The molecule has 0 aromatic carbocycles. The lowest BCUT2D eigenvalue weighted by Crippen LogP contribution is -2.58. The number of aliphatic hydroxyl groups excluding tert-OH is 3. The van der Waals surface area contributed by atoms with Gasteiger partial charge in [-0.1, -0.05) is 0 Å². The molecule has 0 bridgehead atoms. The van der Waals surface area contributed by atoms with Crippen molar-refractivity contribution in [2.24, 2.45) is 0 Å². The molecule has 1 aliphatic rings. The first-order valence-corrected chi connectivity index (χ1v) is 4.87. The molecule has 1 fully saturated rings. The van der Waals surface area contributed by atoms with Gasteiger partial charge in [-0.05, 0) is 0 Å². The van der Waals surface area contributed by atoms with Crippen LogP contribution >= 0.6 is 0 Å². The zero-order valence-electron chi connectivity index (χ0n) is 9.07. The molecule has 17 heavy (non-hydrogen) atoms. The molecule has 0 amide bonds. The first kappa shape index (κ1) is 14.0. The molecular weight excluding hydrogens is 236 g/mol. The quantitative estimate of drug-likeness (QED) is 0.429. The molecule has 0 radical (unpaired) electrons. The number of ketones is 1. The Labute approximate surface area is 96.4 Å². The summed E-state index contributed by atoms with van der Waals surface area (Å²) < 4.78 is 9.60. The second-order valence-electron chi connectivity index (χ2n) is 3.77. The Kier molecular flexibility index (Phi) is 4.17. The molecule has 0 aliphatic carbocycles. The van der Waals surface area contributed by atoms with Crippen molar-refractivity contribution in [3.63, 3.8) is 0 Å². The molecule has 4 atom stereocenters. The maximum absolute atomic E-state index is 11.5. The molecule has 1 rings (SSSR count). The number of aliphatic carboxylic acids is 1. The Morgan fingerprint density at radius 1 is 1.53 bits per heavy atom. The number of hydrogen-bond donors (Lipinski definition) is 4. The van der Waals surface area contributed by atoms with Crippen molar-refractivity contribution in [3.8, 4) is 0 Å². The molecule has 1 heterocycles. The van der Waals surface area contributed by atoms with Crippen molar-refractivity contribution in [1.29, 1.82) is 0 Å². The van der Waals surface area contributed by atoms with Gasteiger partial charge < -0.3 is 29.9 Å². The minimum absolute atomic E-state index is 0.419. The summed E-state index contributed by atoms with van der Waals surface area (Å²) in [4.78, 5) is 22.3. The lowest BCUT2D eigenvalue weighted by molar-refractivity contribution is -0.299. The van der Waals surface area contributed by atoms with E-state index in [-0.39, 0.29) is 0 Å². The Balaban J connectivity index is 2.83. The predicted molar refractivity (Wildman–Crippen MR) is 51.0 cm³/mol. The van der Waals surface area contributed by atoms with Crippen molar-refractivity contribution in [1.82, 2.24) is 0 Å². The Bertz CT molecular complexity index is 316. The van der Waals surface area contributed by atoms with Gasteiger partial charge in [0, 0.05) is 6.92 Å². The summed E-state index contributed by atoms with van der Waals surface area (Å²) in [6.07, 6.45) is -4.67. The fourth-order valence-electron chi connectivity index (χ4n) is 1.33. The van der Waals surface area contributed by atoms with Crippen LogP contribution in [0.2, 0.25) is 0 Å². The summed E-state index contributed by atoms with van der Waals surface area (Å²) in [5, 5.41) is 36.0. The van der Waals surface area contributed by atoms with Crippen LogP contribution in [0.15, 0.2) is 0 Å². The van der Waals surface area contributed by atoms with Gasteiger partial charge in [0.15, 0.2) is 11.9 Å². The summed E-state index contributed by atoms with van der Waals surface area (Å²) in [6.45, 7) is -0.180. The van der Waals surface area contributed by atoms with Crippen LogP contribution in [0.1, 0.15) is 6.92 Å². The number of carboxylic acid groups (broad SMARTS) is 1. The van der Waals surface area contributed by atoms with Crippen molar-refractivity contribution in [2.75, 3.05) is 13.2 Å². The van der Waals surface area contributed by atoms with Gasteiger partial charge in [-0.2, -0.15) is 0 Å². The van der Waals surface area contributed by atoms with Crippen LogP contribution in [0.5, 0.6) is 0 Å². The van der Waals surface area contributed by atoms with Gasteiger partial charge in [-0.3, -0.25) is 4.79 Å². The fourth-order valence-corrected chi connectivity index (χ4v) is 1.33. The van der Waals surface area contributed by atoms with E-state index in [1.807, 2.05) is 0 Å². The smallest absolute Gasteiger partial charge is 0.364 e. The van der Waals surface area contributed by atoms with Crippen molar-refractivity contribution >= 4 is 11.8 Å². The zero-order chi connectivity index (χ0) is 13.2. The van der Waals surface area contributed by atoms with E-state index in [0.717, 1.165) is 6.92 Å². The van der Waals surface area contributed by atoms with Gasteiger partial charge >= 0.3 is 5.97 Å². The van der Waals surface area contributed by atoms with Crippen LogP contribution in [0, 0.1) is 0 Å². The first-order chi connectivity index (χ1) is 7.81. The molecule has 0 aromatic heterocycles. The Morgan fingerprint density at radius 3 is 2.59 bits per heavy atom. The van der Waals surface area contributed by atoms with Gasteiger partial charge in [0.1, 0.15) is 12.2 Å². The summed E-state index contributed by atoms with van der Waals surface area (Å²) in [5.74, 6) is -4.51. The van der Waals surface area contributed by atoms with Gasteiger partial charge in [-0.25, -0.2) is 4.79 Å². The number of carbonyl (C=O) groups excluding carboxylic acids is 1. The van der Waals surface area contributed by atoms with E-state index in [1.165, 1.54) is 0 Å². The fraction of sp³-hybridized carbons (Fsp3) is 0.778. The van der Waals surface area contributed by atoms with Crippen LogP contribution in [0.3, 0.4) is 0 Å². The lowest BCUT2D eigenvalue weighted by atomic mass is 10.0. The van der Waals surface area contributed by atoms with Crippen LogP contribution in [0.4, 0.5) is 0 Å². The number of rotatable bonds is 4. The minimum atomic E-state index is -2.06. The third-order valence-electron chi connectivity index (χ3n) is 2.40. The number of carboxylic acids is 1. The average Bonchev–Trinajstić information content (AvgIpc) is 2.30. The number of hydrogen-bond acceptors (Lipinski definition) is 7. The largest absolute Gasteiger partial charge is 0.477 e. The zero-order valence-corrected chi connectivity index (χ0v) is 9.07. The van der Waals surface area contributed by atoms with E-state index < -0.39 is 49.1 Å². The lowest BCUT2D eigenvalue weighted by Gasteiger charge is -2.37. The molecule has 1 saturated heterocycles. The van der Waals surface area contributed by atoms with Crippen molar-refractivity contribution < 1.29 is 39.5 Å². The van der Waals surface area contributed by atoms with E-state index in [4.69, 9.17) is 24.8 Å². The highest BCUT2D eigenvalue weighted by Crippen LogP contribution is 2.24. The SMILES string of the molecule is CC1(C(=O)O)OC[C@@H](O)[C@@H](C(=O)[C@@H](O)CO)O1. The second kappa shape index (κ2) is 5.07.